The van der Waals surface area contributed by atoms with Crippen LogP contribution in [0.4, 0.5) is 19.0 Å². The molecule has 0 spiro atoms. The molecule has 2 aromatic rings. The van der Waals surface area contributed by atoms with E-state index in [2.05, 4.69) is 10.4 Å². The van der Waals surface area contributed by atoms with Gasteiger partial charge in [0.2, 0.25) is 5.91 Å². The normalized spacial score (nSPS) is 25.4. The summed E-state index contributed by atoms with van der Waals surface area (Å²) in [4.78, 5) is 24.7. The van der Waals surface area contributed by atoms with Gasteiger partial charge in [0.05, 0.1) is 17.4 Å². The smallest absolute Gasteiger partial charge is 0.435 e. The summed E-state index contributed by atoms with van der Waals surface area (Å²) in [7, 11) is 1.31. The fraction of sp³-hybridized carbons (Fsp3) is 0.350. The highest BCUT2D eigenvalue weighted by atomic mass is 19.4. The highest BCUT2D eigenvalue weighted by Gasteiger charge is 2.52. The maximum Gasteiger partial charge on any atom is 0.435 e. The molecule has 2 N–H and O–H groups in total. The number of nitrogens with one attached hydrogen (secondary N) is 1. The summed E-state index contributed by atoms with van der Waals surface area (Å²) < 4.78 is 41.7. The van der Waals surface area contributed by atoms with Crippen LogP contribution in [0.15, 0.2) is 42.5 Å². The lowest BCUT2D eigenvalue weighted by Crippen LogP contribution is -2.36. The Morgan fingerprint density at radius 2 is 1.76 bits per heavy atom. The topological polar surface area (TPSA) is 84.2 Å². The molecule has 152 valence electrons. The number of hydrogen-bond acceptors (Lipinski definition) is 3. The van der Waals surface area contributed by atoms with Gasteiger partial charge < -0.3 is 10.4 Å². The quantitative estimate of drug-likeness (QED) is 0.762. The van der Waals surface area contributed by atoms with E-state index in [0.29, 0.717) is 6.42 Å². The number of hydrogen-bond donors (Lipinski definition) is 2. The Morgan fingerprint density at radius 3 is 2.34 bits per heavy atom. The molecule has 0 saturated heterocycles. The van der Waals surface area contributed by atoms with Gasteiger partial charge in [-0.15, -0.1) is 0 Å². The fourth-order valence-corrected chi connectivity index (χ4v) is 4.46. The molecule has 0 radical (unpaired) electrons. The highest BCUT2D eigenvalue weighted by molar-refractivity contribution is 5.99. The van der Waals surface area contributed by atoms with Crippen LogP contribution < -0.4 is 5.32 Å². The third kappa shape index (κ3) is 3.20. The first-order chi connectivity index (χ1) is 13.7. The number of halogens is 3. The number of aliphatic carboxylic acids is 1. The van der Waals surface area contributed by atoms with Gasteiger partial charge in [0.25, 0.3) is 0 Å². The molecule has 1 heterocycles. The zero-order valence-corrected chi connectivity index (χ0v) is 15.3. The number of fused-ring (bicyclic) bond motifs is 2. The summed E-state index contributed by atoms with van der Waals surface area (Å²) >= 11 is 0. The van der Waals surface area contributed by atoms with E-state index in [1.54, 1.807) is 24.3 Å². The zero-order valence-electron chi connectivity index (χ0n) is 15.3. The number of anilines is 1. The number of nitrogens with zero attached hydrogens (tertiary/aromatic N) is 2. The summed E-state index contributed by atoms with van der Waals surface area (Å²) in [5.74, 6) is -4.00. The molecule has 2 aliphatic rings. The van der Waals surface area contributed by atoms with Gasteiger partial charge >= 0.3 is 12.1 Å². The molecule has 1 fully saturated rings. The largest absolute Gasteiger partial charge is 0.481 e. The number of carbonyl (C=O) groups is 2. The predicted octanol–water partition coefficient (Wildman–Crippen LogP) is 3.57. The standard InChI is InChI=1S/C20H18F3N3O3/c1-26-17(15(10-5-3-2-4-6-10)16(25-26)20(21,22)23)24-18(27)13-11-7-8-12(9-11)14(13)19(28)29/h2-8,11-14H,9H2,1H3,(H,24,27)(H,28,29)/t11-,12+,13+,14+/m1/s1. The number of aromatic nitrogens is 2. The summed E-state index contributed by atoms with van der Waals surface area (Å²) in [6, 6.07) is 7.86. The molecular weight excluding hydrogens is 387 g/mol. The van der Waals surface area contributed by atoms with Crippen molar-refractivity contribution < 1.29 is 27.9 Å². The second-order valence-electron chi connectivity index (χ2n) is 7.39. The molecule has 29 heavy (non-hydrogen) atoms. The lowest BCUT2D eigenvalue weighted by Gasteiger charge is -2.24. The van der Waals surface area contributed by atoms with Crippen molar-refractivity contribution in [2.45, 2.75) is 12.6 Å². The molecule has 1 aromatic heterocycles. The van der Waals surface area contributed by atoms with Crippen molar-refractivity contribution in [3.8, 4) is 11.1 Å². The Bertz CT molecular complexity index is 998. The van der Waals surface area contributed by atoms with Crippen molar-refractivity contribution in [2.24, 2.45) is 30.7 Å². The molecular formula is C20H18F3N3O3. The minimum atomic E-state index is -4.72. The van der Waals surface area contributed by atoms with Crippen molar-refractivity contribution in [3.05, 3.63) is 48.2 Å². The van der Waals surface area contributed by atoms with Gasteiger partial charge in [0, 0.05) is 7.05 Å². The van der Waals surface area contributed by atoms with Crippen molar-refractivity contribution in [2.75, 3.05) is 5.32 Å². The summed E-state index contributed by atoms with van der Waals surface area (Å²) in [5, 5.41) is 15.7. The first kappa shape index (κ1) is 19.2. The van der Waals surface area contributed by atoms with E-state index in [4.69, 9.17) is 0 Å². The van der Waals surface area contributed by atoms with E-state index in [1.807, 2.05) is 6.08 Å². The van der Waals surface area contributed by atoms with Crippen molar-refractivity contribution in [1.29, 1.82) is 0 Å². The molecule has 9 heteroatoms. The van der Waals surface area contributed by atoms with Crippen molar-refractivity contribution in [1.82, 2.24) is 9.78 Å². The van der Waals surface area contributed by atoms with Crippen LogP contribution in [-0.4, -0.2) is 26.8 Å². The fourth-order valence-electron chi connectivity index (χ4n) is 4.46. The predicted molar refractivity (Wildman–Crippen MR) is 97.6 cm³/mol. The molecule has 1 amide bonds. The summed E-state index contributed by atoms with van der Waals surface area (Å²) in [6.07, 6.45) is -0.546. The average Bonchev–Trinajstić information content (AvgIpc) is 3.35. The Kier molecular flexibility index (Phi) is 4.48. The van der Waals surface area contributed by atoms with Crippen LogP contribution in [-0.2, 0) is 22.8 Å². The van der Waals surface area contributed by atoms with E-state index in [1.165, 1.54) is 19.2 Å². The Hall–Kier alpha value is -3.10. The number of alkyl halides is 3. The van der Waals surface area contributed by atoms with Crippen LogP contribution in [0, 0.1) is 23.7 Å². The van der Waals surface area contributed by atoms with Gasteiger partial charge in [-0.05, 0) is 23.8 Å². The van der Waals surface area contributed by atoms with Crippen LogP contribution in [0.3, 0.4) is 0 Å². The Labute approximate surface area is 164 Å². The van der Waals surface area contributed by atoms with E-state index in [9.17, 15) is 27.9 Å². The van der Waals surface area contributed by atoms with Gasteiger partial charge in [-0.3, -0.25) is 14.3 Å². The molecule has 0 aliphatic heterocycles. The average molecular weight is 405 g/mol. The first-order valence-corrected chi connectivity index (χ1v) is 9.10. The number of carboxylic acid groups (broad SMARTS) is 1. The van der Waals surface area contributed by atoms with Gasteiger partial charge in [-0.1, -0.05) is 42.5 Å². The SMILES string of the molecule is Cn1nc(C(F)(F)F)c(-c2ccccc2)c1NC(=O)[C@@H]1[C@@H](C(=O)O)[C@H]2C=C[C@@H]1C2. The van der Waals surface area contributed by atoms with E-state index in [0.717, 1.165) is 4.68 Å². The number of benzene rings is 1. The zero-order chi connectivity index (χ0) is 20.9. The third-order valence-electron chi connectivity index (χ3n) is 5.67. The van der Waals surface area contributed by atoms with Crippen LogP contribution in [0.1, 0.15) is 12.1 Å². The third-order valence-corrected chi connectivity index (χ3v) is 5.67. The summed E-state index contributed by atoms with van der Waals surface area (Å²) in [6.45, 7) is 0. The Morgan fingerprint density at radius 1 is 1.14 bits per heavy atom. The van der Waals surface area contributed by atoms with Gasteiger partial charge in [-0.2, -0.15) is 18.3 Å². The van der Waals surface area contributed by atoms with Gasteiger partial charge in [-0.25, -0.2) is 0 Å². The molecule has 1 aromatic carbocycles. The van der Waals surface area contributed by atoms with E-state index in [-0.39, 0.29) is 28.8 Å². The van der Waals surface area contributed by atoms with Gasteiger partial charge in [0.15, 0.2) is 5.69 Å². The molecule has 2 bridgehead atoms. The molecule has 6 nitrogen and oxygen atoms in total. The maximum atomic E-state index is 13.6. The maximum absolute atomic E-state index is 13.6. The number of rotatable bonds is 4. The van der Waals surface area contributed by atoms with Crippen LogP contribution in [0.5, 0.6) is 0 Å². The minimum Gasteiger partial charge on any atom is -0.481 e. The molecule has 4 rings (SSSR count). The number of carbonyl (C=O) groups excluding carboxylic acids is 1. The second kappa shape index (κ2) is 6.75. The van der Waals surface area contributed by atoms with Crippen molar-refractivity contribution >= 4 is 17.7 Å². The highest BCUT2D eigenvalue weighted by Crippen LogP contribution is 2.49. The van der Waals surface area contributed by atoms with Gasteiger partial charge in [0.1, 0.15) is 5.82 Å². The van der Waals surface area contributed by atoms with Crippen molar-refractivity contribution in [3.63, 3.8) is 0 Å². The summed E-state index contributed by atoms with van der Waals surface area (Å²) in [5.41, 5.74) is -1.09. The second-order valence-corrected chi connectivity index (χ2v) is 7.39. The van der Waals surface area contributed by atoms with E-state index < -0.39 is 35.6 Å². The van der Waals surface area contributed by atoms with Crippen LogP contribution in [0.25, 0.3) is 11.1 Å². The number of carboxylic acids is 1. The number of aryl methyl sites for hydroxylation is 1. The number of amides is 1. The van der Waals surface area contributed by atoms with Crippen LogP contribution in [0.2, 0.25) is 0 Å². The lowest BCUT2D eigenvalue weighted by molar-refractivity contribution is -0.146. The molecule has 0 unspecified atom stereocenters. The monoisotopic (exact) mass is 405 g/mol. The molecule has 4 atom stereocenters. The minimum absolute atomic E-state index is 0.107. The first-order valence-electron chi connectivity index (χ1n) is 9.10. The van der Waals surface area contributed by atoms with E-state index >= 15 is 0 Å². The molecule has 1 saturated carbocycles. The van der Waals surface area contributed by atoms with Crippen LogP contribution >= 0.6 is 0 Å². The lowest BCUT2D eigenvalue weighted by atomic mass is 9.82. The Balaban J connectivity index is 1.74. The number of allylic oxidation sites excluding steroid dienone is 2. The molecule has 2 aliphatic carbocycles.